The van der Waals surface area contributed by atoms with Gasteiger partial charge in [-0.25, -0.2) is 9.78 Å². The van der Waals surface area contributed by atoms with Crippen molar-refractivity contribution < 1.29 is 4.79 Å². The van der Waals surface area contributed by atoms with E-state index in [1.807, 2.05) is 19.0 Å². The molecule has 1 aromatic rings. The average Bonchev–Trinajstić information content (AvgIpc) is 2.30. The Labute approximate surface area is 123 Å². The van der Waals surface area contributed by atoms with E-state index in [1.165, 1.54) is 11.1 Å². The number of hydrogen-bond donors (Lipinski definition) is 0. The molecule has 19 heavy (non-hydrogen) atoms. The van der Waals surface area contributed by atoms with Crippen molar-refractivity contribution >= 4 is 35.1 Å². The molecule has 0 aliphatic rings. The number of amides is 2. The summed E-state index contributed by atoms with van der Waals surface area (Å²) >= 11 is 11.9. The van der Waals surface area contributed by atoms with E-state index in [-0.39, 0.29) is 6.03 Å². The number of nitrogens with zero attached hydrogens (tertiary/aromatic N) is 4. The van der Waals surface area contributed by atoms with E-state index in [2.05, 4.69) is 4.98 Å². The molecule has 0 saturated heterocycles. The van der Waals surface area contributed by atoms with Gasteiger partial charge in [-0.3, -0.25) is 4.90 Å². The van der Waals surface area contributed by atoms with Crippen molar-refractivity contribution in [3.63, 3.8) is 0 Å². The Morgan fingerprint density at radius 2 is 1.84 bits per heavy atom. The van der Waals surface area contributed by atoms with Gasteiger partial charge in [0.2, 0.25) is 0 Å². The number of rotatable bonds is 4. The molecule has 1 heterocycles. The predicted molar refractivity (Wildman–Crippen MR) is 79.2 cm³/mol. The van der Waals surface area contributed by atoms with E-state index in [4.69, 9.17) is 23.2 Å². The first-order valence-electron chi connectivity index (χ1n) is 5.77. The van der Waals surface area contributed by atoms with Gasteiger partial charge >= 0.3 is 6.03 Å². The molecule has 7 heteroatoms. The number of pyridine rings is 1. The lowest BCUT2D eigenvalue weighted by Crippen LogP contribution is -2.43. The Balaban J connectivity index is 3.04. The van der Waals surface area contributed by atoms with Crippen LogP contribution in [-0.2, 0) is 0 Å². The van der Waals surface area contributed by atoms with Crippen molar-refractivity contribution in [1.82, 2.24) is 14.8 Å². The molecule has 0 aliphatic carbocycles. The highest BCUT2D eigenvalue weighted by Gasteiger charge is 2.21. The van der Waals surface area contributed by atoms with Gasteiger partial charge in [0.05, 0.1) is 10.0 Å². The number of hydrogen-bond acceptors (Lipinski definition) is 3. The fourth-order valence-corrected chi connectivity index (χ4v) is 1.92. The van der Waals surface area contributed by atoms with Crippen molar-refractivity contribution in [3.05, 3.63) is 22.3 Å². The smallest absolute Gasteiger partial charge is 0.325 e. The van der Waals surface area contributed by atoms with Gasteiger partial charge in [-0.1, -0.05) is 23.2 Å². The van der Waals surface area contributed by atoms with Crippen LogP contribution in [0.15, 0.2) is 12.3 Å². The third-order valence-corrected chi connectivity index (χ3v) is 2.91. The Bertz CT molecular complexity index is 451. The summed E-state index contributed by atoms with van der Waals surface area (Å²) in [6.45, 7) is 1.21. The number of urea groups is 1. The van der Waals surface area contributed by atoms with Crippen molar-refractivity contribution in [2.24, 2.45) is 0 Å². The van der Waals surface area contributed by atoms with E-state index in [9.17, 15) is 4.79 Å². The minimum atomic E-state index is -0.168. The summed E-state index contributed by atoms with van der Waals surface area (Å²) in [4.78, 5) is 21.4. The lowest BCUT2D eigenvalue weighted by Gasteiger charge is -2.27. The third kappa shape index (κ3) is 4.53. The van der Waals surface area contributed by atoms with Crippen LogP contribution in [0.4, 0.5) is 10.6 Å². The Morgan fingerprint density at radius 1 is 1.21 bits per heavy atom. The standard InChI is InChI=1S/C12H18Cl2N4O/c1-16(2)5-6-18(12(19)17(3)4)11-10(14)7-9(13)8-15-11/h7-8H,5-6H2,1-4H3. The molecule has 0 radical (unpaired) electrons. The van der Waals surface area contributed by atoms with Crippen molar-refractivity contribution in [1.29, 1.82) is 0 Å². The topological polar surface area (TPSA) is 39.7 Å². The van der Waals surface area contributed by atoms with Crippen LogP contribution in [0.25, 0.3) is 0 Å². The molecule has 2 amide bonds. The monoisotopic (exact) mass is 304 g/mol. The van der Waals surface area contributed by atoms with Crippen LogP contribution in [0.2, 0.25) is 10.0 Å². The van der Waals surface area contributed by atoms with E-state index < -0.39 is 0 Å². The first-order chi connectivity index (χ1) is 8.82. The summed E-state index contributed by atoms with van der Waals surface area (Å²) < 4.78 is 0. The maximum atomic E-state index is 12.2. The van der Waals surface area contributed by atoms with E-state index in [0.717, 1.165) is 0 Å². The lowest BCUT2D eigenvalue weighted by molar-refractivity contribution is 0.222. The van der Waals surface area contributed by atoms with Gasteiger partial charge in [-0.15, -0.1) is 0 Å². The Kier molecular flexibility index (Phi) is 5.85. The second-order valence-electron chi connectivity index (χ2n) is 4.59. The van der Waals surface area contributed by atoms with Crippen molar-refractivity contribution in [2.45, 2.75) is 0 Å². The first kappa shape index (κ1) is 16.0. The number of aromatic nitrogens is 1. The largest absolute Gasteiger partial charge is 0.330 e. The normalized spacial score (nSPS) is 10.7. The molecule has 0 unspecified atom stereocenters. The molecule has 0 fully saturated rings. The van der Waals surface area contributed by atoms with Gasteiger partial charge in [-0.2, -0.15) is 0 Å². The van der Waals surface area contributed by atoms with Gasteiger partial charge < -0.3 is 9.80 Å². The number of likely N-dealkylation sites (N-methyl/N-ethyl adjacent to an activating group) is 1. The highest BCUT2D eigenvalue weighted by Crippen LogP contribution is 2.26. The minimum Gasteiger partial charge on any atom is -0.330 e. The lowest BCUT2D eigenvalue weighted by atomic mass is 10.4. The van der Waals surface area contributed by atoms with Crippen LogP contribution in [0.1, 0.15) is 0 Å². The summed E-state index contributed by atoms with van der Waals surface area (Å²) in [5.74, 6) is 0.423. The van der Waals surface area contributed by atoms with Crippen LogP contribution in [-0.4, -0.2) is 62.1 Å². The molecule has 0 saturated carbocycles. The fraction of sp³-hybridized carbons (Fsp3) is 0.500. The summed E-state index contributed by atoms with van der Waals surface area (Å²) in [6.07, 6.45) is 1.48. The highest BCUT2D eigenvalue weighted by atomic mass is 35.5. The van der Waals surface area contributed by atoms with Crippen LogP contribution in [0.5, 0.6) is 0 Å². The summed E-state index contributed by atoms with van der Waals surface area (Å²) in [5.41, 5.74) is 0. The second-order valence-corrected chi connectivity index (χ2v) is 5.43. The molecular weight excluding hydrogens is 287 g/mol. The van der Waals surface area contributed by atoms with Crippen LogP contribution in [0, 0.1) is 0 Å². The second kappa shape index (κ2) is 6.93. The molecule has 0 aromatic carbocycles. The van der Waals surface area contributed by atoms with E-state index in [0.29, 0.717) is 29.0 Å². The zero-order chi connectivity index (χ0) is 14.6. The molecule has 0 atom stereocenters. The quantitative estimate of drug-likeness (QED) is 0.858. The Hall–Kier alpha value is -1.04. The van der Waals surface area contributed by atoms with Gasteiger partial charge in [0.1, 0.15) is 0 Å². The minimum absolute atomic E-state index is 0.168. The Morgan fingerprint density at radius 3 is 2.32 bits per heavy atom. The van der Waals surface area contributed by atoms with Gasteiger partial charge in [0, 0.05) is 33.4 Å². The summed E-state index contributed by atoms with van der Waals surface area (Å²) in [5, 5.41) is 0.806. The van der Waals surface area contributed by atoms with Gasteiger partial charge in [0.15, 0.2) is 5.82 Å². The van der Waals surface area contributed by atoms with Gasteiger partial charge in [-0.05, 0) is 20.2 Å². The van der Waals surface area contributed by atoms with E-state index >= 15 is 0 Å². The molecule has 5 nitrogen and oxygen atoms in total. The maximum Gasteiger partial charge on any atom is 0.325 e. The first-order valence-corrected chi connectivity index (χ1v) is 6.53. The molecule has 1 aromatic heterocycles. The molecule has 1 rings (SSSR count). The highest BCUT2D eigenvalue weighted by molar-refractivity contribution is 6.36. The molecule has 0 aliphatic heterocycles. The van der Waals surface area contributed by atoms with E-state index in [1.54, 1.807) is 25.1 Å². The molecule has 106 valence electrons. The molecular formula is C12H18Cl2N4O. The summed E-state index contributed by atoms with van der Waals surface area (Å²) in [6, 6.07) is 1.41. The zero-order valence-corrected chi connectivity index (χ0v) is 13.0. The number of carbonyl (C=O) groups excluding carboxylic acids is 1. The average molecular weight is 305 g/mol. The molecule has 0 N–H and O–H groups in total. The van der Waals surface area contributed by atoms with Crippen LogP contribution >= 0.6 is 23.2 Å². The number of anilines is 1. The molecule has 0 bridgehead atoms. The fourth-order valence-electron chi connectivity index (χ4n) is 1.44. The third-order valence-electron chi connectivity index (χ3n) is 2.43. The zero-order valence-electron chi connectivity index (χ0n) is 11.5. The summed E-state index contributed by atoms with van der Waals surface area (Å²) in [7, 11) is 7.26. The molecule has 0 spiro atoms. The predicted octanol–water partition coefficient (Wildman–Crippen LogP) is 2.44. The van der Waals surface area contributed by atoms with Crippen LogP contribution in [0.3, 0.4) is 0 Å². The maximum absolute atomic E-state index is 12.2. The number of carbonyl (C=O) groups is 1. The van der Waals surface area contributed by atoms with Crippen molar-refractivity contribution in [3.8, 4) is 0 Å². The SMILES string of the molecule is CN(C)CCN(C(=O)N(C)C)c1ncc(Cl)cc1Cl. The number of halogens is 2. The van der Waals surface area contributed by atoms with Gasteiger partial charge in [0.25, 0.3) is 0 Å². The van der Waals surface area contributed by atoms with Crippen molar-refractivity contribution in [2.75, 3.05) is 46.2 Å². The van der Waals surface area contributed by atoms with Crippen LogP contribution < -0.4 is 4.90 Å².